The number of aryl methyl sites for hydroxylation is 1. The van der Waals surface area contributed by atoms with Gasteiger partial charge in [-0.05, 0) is 42.9 Å². The van der Waals surface area contributed by atoms with Gasteiger partial charge in [-0.2, -0.15) is 5.10 Å². The third-order valence-corrected chi connectivity index (χ3v) is 4.98. The van der Waals surface area contributed by atoms with Gasteiger partial charge in [0.15, 0.2) is 0 Å². The summed E-state index contributed by atoms with van der Waals surface area (Å²) in [6.07, 6.45) is 6.89. The lowest BCUT2D eigenvalue weighted by Crippen LogP contribution is -2.47. The molecule has 1 aromatic carbocycles. The lowest BCUT2D eigenvalue weighted by molar-refractivity contribution is -0.122. The van der Waals surface area contributed by atoms with Crippen molar-refractivity contribution in [2.75, 3.05) is 13.1 Å². The zero-order chi connectivity index (χ0) is 19.1. The van der Waals surface area contributed by atoms with Gasteiger partial charge in [0.2, 0.25) is 5.91 Å². The van der Waals surface area contributed by atoms with E-state index in [2.05, 4.69) is 58.4 Å². The summed E-state index contributed by atoms with van der Waals surface area (Å²) >= 11 is 0. The van der Waals surface area contributed by atoms with Crippen molar-refractivity contribution < 1.29 is 4.79 Å². The normalized spacial score (nSPS) is 18.0. The molecule has 1 atom stereocenters. The second-order valence-corrected chi connectivity index (χ2v) is 7.96. The molecule has 2 heterocycles. The number of piperidine rings is 1. The number of amides is 1. The fraction of sp³-hybridized carbons (Fsp3) is 0.571. The standard InChI is InChI=1S/C21H31N5O/c1-17(2)12-18-5-7-19(8-6-18)13-25-10-3-4-20(14-25)24-21(27)9-11-26-16-22-15-23-26/h5-8,15-17,20H,3-4,9-14H2,1-2H3,(H,24,27). The highest BCUT2D eigenvalue weighted by atomic mass is 16.1. The molecular formula is C21H31N5O. The topological polar surface area (TPSA) is 63.1 Å². The molecule has 0 aliphatic carbocycles. The fourth-order valence-corrected chi connectivity index (χ4v) is 3.69. The minimum atomic E-state index is 0.0930. The number of carbonyl (C=O) groups excluding carboxylic acids is 1. The van der Waals surface area contributed by atoms with Crippen LogP contribution in [0.4, 0.5) is 0 Å². The number of hydrogen-bond acceptors (Lipinski definition) is 4. The van der Waals surface area contributed by atoms with Crippen molar-refractivity contribution in [1.29, 1.82) is 0 Å². The van der Waals surface area contributed by atoms with Crippen LogP contribution in [0.15, 0.2) is 36.9 Å². The van der Waals surface area contributed by atoms with Gasteiger partial charge in [-0.15, -0.1) is 0 Å². The SMILES string of the molecule is CC(C)Cc1ccc(CN2CCCC(NC(=O)CCn3cncn3)C2)cc1. The number of benzene rings is 1. The van der Waals surface area contributed by atoms with Crippen molar-refractivity contribution in [1.82, 2.24) is 25.0 Å². The van der Waals surface area contributed by atoms with Gasteiger partial charge in [-0.25, -0.2) is 4.98 Å². The van der Waals surface area contributed by atoms with Gasteiger partial charge in [0.1, 0.15) is 12.7 Å². The van der Waals surface area contributed by atoms with Crippen molar-refractivity contribution in [2.45, 2.75) is 58.7 Å². The predicted molar refractivity (Wildman–Crippen MR) is 106 cm³/mol. The molecule has 1 aromatic heterocycles. The molecule has 27 heavy (non-hydrogen) atoms. The van der Waals surface area contributed by atoms with Crippen molar-refractivity contribution >= 4 is 5.91 Å². The third kappa shape index (κ3) is 6.47. The van der Waals surface area contributed by atoms with E-state index in [9.17, 15) is 4.79 Å². The summed E-state index contributed by atoms with van der Waals surface area (Å²) in [7, 11) is 0. The van der Waals surface area contributed by atoms with Gasteiger partial charge in [0.05, 0.1) is 6.54 Å². The Kier molecular flexibility index (Phi) is 6.98. The molecular weight excluding hydrogens is 338 g/mol. The van der Waals surface area contributed by atoms with Gasteiger partial charge in [-0.1, -0.05) is 38.1 Å². The first-order valence-corrected chi connectivity index (χ1v) is 10.0. The quantitative estimate of drug-likeness (QED) is 0.777. The van der Waals surface area contributed by atoms with Crippen molar-refractivity contribution in [2.24, 2.45) is 5.92 Å². The smallest absolute Gasteiger partial charge is 0.222 e. The Morgan fingerprint density at radius 1 is 1.26 bits per heavy atom. The highest BCUT2D eigenvalue weighted by molar-refractivity contribution is 5.76. The van der Waals surface area contributed by atoms with Crippen LogP contribution >= 0.6 is 0 Å². The summed E-state index contributed by atoms with van der Waals surface area (Å²) in [5.74, 6) is 0.780. The molecule has 1 aliphatic heterocycles. The van der Waals surface area contributed by atoms with E-state index in [4.69, 9.17) is 0 Å². The first-order valence-electron chi connectivity index (χ1n) is 10.0. The van der Waals surface area contributed by atoms with Crippen molar-refractivity contribution in [3.63, 3.8) is 0 Å². The molecule has 6 heteroatoms. The van der Waals surface area contributed by atoms with Crippen LogP contribution in [0.25, 0.3) is 0 Å². The van der Waals surface area contributed by atoms with Crippen molar-refractivity contribution in [3.05, 3.63) is 48.0 Å². The Labute approximate surface area is 162 Å². The van der Waals surface area contributed by atoms with Gasteiger partial charge in [-0.3, -0.25) is 14.4 Å². The minimum absolute atomic E-state index is 0.0930. The van der Waals surface area contributed by atoms with E-state index in [0.717, 1.165) is 38.9 Å². The maximum atomic E-state index is 12.2. The second kappa shape index (κ2) is 9.65. The number of carbonyl (C=O) groups is 1. The van der Waals surface area contributed by atoms with E-state index in [1.807, 2.05) is 0 Å². The molecule has 1 amide bonds. The zero-order valence-corrected chi connectivity index (χ0v) is 16.5. The lowest BCUT2D eigenvalue weighted by atomic mass is 10.0. The highest BCUT2D eigenvalue weighted by Crippen LogP contribution is 2.16. The predicted octanol–water partition coefficient (Wildman–Crippen LogP) is 2.65. The molecule has 1 saturated heterocycles. The van der Waals surface area contributed by atoms with Crippen LogP contribution in [0.5, 0.6) is 0 Å². The highest BCUT2D eigenvalue weighted by Gasteiger charge is 2.21. The van der Waals surface area contributed by atoms with Crippen LogP contribution in [0, 0.1) is 5.92 Å². The average molecular weight is 370 g/mol. The Bertz CT molecular complexity index is 696. The molecule has 1 unspecified atom stereocenters. The summed E-state index contributed by atoms with van der Waals surface area (Å²) in [5, 5.41) is 7.22. The number of aromatic nitrogens is 3. The summed E-state index contributed by atoms with van der Waals surface area (Å²) in [5.41, 5.74) is 2.76. The Morgan fingerprint density at radius 3 is 2.74 bits per heavy atom. The van der Waals surface area contributed by atoms with Crippen LogP contribution in [-0.2, 0) is 24.3 Å². The first kappa shape index (κ1) is 19.5. The van der Waals surface area contributed by atoms with Crippen LogP contribution < -0.4 is 5.32 Å². The van der Waals surface area contributed by atoms with Crippen LogP contribution in [0.2, 0.25) is 0 Å². The van der Waals surface area contributed by atoms with Gasteiger partial charge in [0.25, 0.3) is 0 Å². The number of likely N-dealkylation sites (tertiary alicyclic amines) is 1. The summed E-state index contributed by atoms with van der Waals surface area (Å²) in [6, 6.07) is 9.24. The van der Waals surface area contributed by atoms with Crippen LogP contribution in [-0.4, -0.2) is 44.7 Å². The van der Waals surface area contributed by atoms with E-state index in [1.54, 1.807) is 11.0 Å². The number of rotatable bonds is 8. The van der Waals surface area contributed by atoms with Gasteiger partial charge in [0, 0.05) is 25.6 Å². The minimum Gasteiger partial charge on any atom is -0.352 e. The maximum absolute atomic E-state index is 12.2. The third-order valence-electron chi connectivity index (χ3n) is 4.98. The Morgan fingerprint density at radius 2 is 2.04 bits per heavy atom. The van der Waals surface area contributed by atoms with E-state index in [-0.39, 0.29) is 11.9 Å². The molecule has 2 aromatic rings. The number of hydrogen-bond donors (Lipinski definition) is 1. The number of nitrogens with one attached hydrogen (secondary N) is 1. The molecule has 0 spiro atoms. The lowest BCUT2D eigenvalue weighted by Gasteiger charge is -2.33. The number of nitrogens with zero attached hydrogens (tertiary/aromatic N) is 4. The van der Waals surface area contributed by atoms with Gasteiger partial charge < -0.3 is 5.32 Å². The molecule has 0 radical (unpaired) electrons. The van der Waals surface area contributed by atoms with Crippen molar-refractivity contribution in [3.8, 4) is 0 Å². The Balaban J connectivity index is 1.43. The molecule has 0 bridgehead atoms. The molecule has 6 nitrogen and oxygen atoms in total. The largest absolute Gasteiger partial charge is 0.352 e. The summed E-state index contributed by atoms with van der Waals surface area (Å²) in [4.78, 5) is 18.6. The van der Waals surface area contributed by atoms with E-state index >= 15 is 0 Å². The van der Waals surface area contributed by atoms with E-state index < -0.39 is 0 Å². The second-order valence-electron chi connectivity index (χ2n) is 7.96. The van der Waals surface area contributed by atoms with E-state index in [0.29, 0.717) is 18.9 Å². The molecule has 146 valence electrons. The Hall–Kier alpha value is -2.21. The van der Waals surface area contributed by atoms with Crippen LogP contribution in [0.3, 0.4) is 0 Å². The molecule has 1 aliphatic rings. The van der Waals surface area contributed by atoms with Crippen LogP contribution in [0.1, 0.15) is 44.2 Å². The first-order chi connectivity index (χ1) is 13.1. The average Bonchev–Trinajstić information content (AvgIpc) is 3.15. The molecule has 1 N–H and O–H groups in total. The van der Waals surface area contributed by atoms with E-state index in [1.165, 1.54) is 17.5 Å². The molecule has 3 rings (SSSR count). The van der Waals surface area contributed by atoms with Gasteiger partial charge >= 0.3 is 0 Å². The molecule has 1 fully saturated rings. The summed E-state index contributed by atoms with van der Waals surface area (Å²) < 4.78 is 1.69. The zero-order valence-electron chi connectivity index (χ0n) is 16.5. The summed E-state index contributed by atoms with van der Waals surface area (Å²) in [6.45, 7) is 8.05. The monoisotopic (exact) mass is 369 g/mol. The maximum Gasteiger partial charge on any atom is 0.222 e. The fourth-order valence-electron chi connectivity index (χ4n) is 3.69. The molecule has 0 saturated carbocycles.